The number of amides is 1. The van der Waals surface area contributed by atoms with E-state index in [9.17, 15) is 9.59 Å². The highest BCUT2D eigenvalue weighted by Crippen LogP contribution is 2.19. The molecule has 0 radical (unpaired) electrons. The number of nitrogens with zero attached hydrogens (tertiary/aromatic N) is 6. The number of hydrogen-bond donors (Lipinski definition) is 1. The Morgan fingerprint density at radius 3 is 2.71 bits per heavy atom. The van der Waals surface area contributed by atoms with E-state index in [2.05, 4.69) is 26.2 Å². The maximum absolute atomic E-state index is 13.1. The van der Waals surface area contributed by atoms with E-state index in [4.69, 9.17) is 10.00 Å². The summed E-state index contributed by atoms with van der Waals surface area (Å²) in [6.07, 6.45) is 3.18. The predicted octanol–water partition coefficient (Wildman–Crippen LogP) is 1.82. The number of nitriles is 1. The molecule has 1 aliphatic rings. The average Bonchev–Trinajstić information content (AvgIpc) is 2.90. The van der Waals surface area contributed by atoms with Crippen molar-refractivity contribution in [3.8, 4) is 11.8 Å². The number of benzene rings is 1. The molecule has 0 bridgehead atoms. The minimum atomic E-state index is -0.213. The first-order valence-corrected chi connectivity index (χ1v) is 11.3. The van der Waals surface area contributed by atoms with E-state index < -0.39 is 0 Å². The number of ether oxygens (including phenoxy) is 1. The van der Waals surface area contributed by atoms with E-state index in [1.807, 2.05) is 35.0 Å². The van der Waals surface area contributed by atoms with Gasteiger partial charge in [-0.1, -0.05) is 6.07 Å². The van der Waals surface area contributed by atoms with Crippen LogP contribution >= 0.6 is 0 Å². The topological polar surface area (TPSA) is 118 Å². The van der Waals surface area contributed by atoms with Gasteiger partial charge in [-0.05, 0) is 37.3 Å². The van der Waals surface area contributed by atoms with Crippen molar-refractivity contribution >= 4 is 17.4 Å². The maximum Gasteiger partial charge on any atom is 0.269 e. The monoisotopic (exact) mass is 473 g/mol. The summed E-state index contributed by atoms with van der Waals surface area (Å²) in [6, 6.07) is 12.8. The van der Waals surface area contributed by atoms with Gasteiger partial charge in [0, 0.05) is 50.6 Å². The number of piperazine rings is 1. The molecule has 1 amide bonds. The zero-order valence-corrected chi connectivity index (χ0v) is 19.8. The molecule has 3 heterocycles. The molecule has 35 heavy (non-hydrogen) atoms. The summed E-state index contributed by atoms with van der Waals surface area (Å²) in [6.45, 7) is 5.20. The van der Waals surface area contributed by atoms with Gasteiger partial charge in [-0.3, -0.25) is 9.59 Å². The molecule has 2 aromatic heterocycles. The van der Waals surface area contributed by atoms with Gasteiger partial charge >= 0.3 is 0 Å². The molecular formula is C25H27N7O3. The molecule has 3 aromatic rings. The lowest BCUT2D eigenvalue weighted by Crippen LogP contribution is -2.49. The molecule has 0 spiro atoms. The van der Waals surface area contributed by atoms with Crippen LogP contribution in [0.2, 0.25) is 0 Å². The fraction of sp³-hybridized carbons (Fsp3) is 0.320. The number of H-pyrrole nitrogens is 1. The zero-order chi connectivity index (χ0) is 24.8. The molecule has 1 aromatic carbocycles. The second-order valence-electron chi connectivity index (χ2n) is 8.30. The molecule has 0 saturated carbocycles. The second kappa shape index (κ2) is 10.7. The molecule has 10 heteroatoms. The van der Waals surface area contributed by atoms with Gasteiger partial charge in [-0.25, -0.2) is 10.1 Å². The predicted molar refractivity (Wildman–Crippen MR) is 132 cm³/mol. The van der Waals surface area contributed by atoms with E-state index in [1.54, 1.807) is 37.5 Å². The number of aromatic nitrogens is 3. The average molecular weight is 474 g/mol. The van der Waals surface area contributed by atoms with Gasteiger partial charge in [0.25, 0.3) is 11.5 Å². The van der Waals surface area contributed by atoms with Crippen molar-refractivity contribution in [2.75, 3.05) is 56.2 Å². The molecule has 0 aliphatic carbocycles. The van der Waals surface area contributed by atoms with Crippen LogP contribution in [0.3, 0.4) is 0 Å². The minimum Gasteiger partial charge on any atom is -0.492 e. The van der Waals surface area contributed by atoms with E-state index in [0.29, 0.717) is 61.8 Å². The van der Waals surface area contributed by atoms with Crippen LogP contribution in [0.5, 0.6) is 5.75 Å². The number of carbonyl (C=O) groups excluding carboxylic acids is 1. The van der Waals surface area contributed by atoms with Crippen molar-refractivity contribution in [1.29, 1.82) is 5.26 Å². The Morgan fingerprint density at radius 2 is 2.00 bits per heavy atom. The molecule has 1 N–H and O–H groups in total. The molecule has 0 atom stereocenters. The lowest BCUT2D eigenvalue weighted by atomic mass is 10.1. The quantitative estimate of drug-likeness (QED) is 0.552. The van der Waals surface area contributed by atoms with E-state index >= 15 is 0 Å². The van der Waals surface area contributed by atoms with Crippen LogP contribution < -0.4 is 20.1 Å². The largest absolute Gasteiger partial charge is 0.492 e. The number of hydrogen-bond acceptors (Lipinski definition) is 8. The van der Waals surface area contributed by atoms with Crippen LogP contribution in [0.1, 0.15) is 21.5 Å². The summed E-state index contributed by atoms with van der Waals surface area (Å²) < 4.78 is 5.88. The third kappa shape index (κ3) is 5.58. The Balaban J connectivity index is 1.30. The van der Waals surface area contributed by atoms with Crippen molar-refractivity contribution in [2.24, 2.45) is 0 Å². The number of aromatic amines is 1. The van der Waals surface area contributed by atoms with Crippen molar-refractivity contribution in [3.05, 3.63) is 75.8 Å². The third-order valence-corrected chi connectivity index (χ3v) is 6.03. The van der Waals surface area contributed by atoms with Crippen molar-refractivity contribution in [3.63, 3.8) is 0 Å². The fourth-order valence-electron chi connectivity index (χ4n) is 3.93. The maximum atomic E-state index is 13.1. The molecule has 1 saturated heterocycles. The van der Waals surface area contributed by atoms with Gasteiger partial charge in [0.2, 0.25) is 0 Å². The summed E-state index contributed by atoms with van der Waals surface area (Å²) in [5.41, 5.74) is 2.24. The van der Waals surface area contributed by atoms with E-state index in [-0.39, 0.29) is 11.5 Å². The Morgan fingerprint density at radius 1 is 1.20 bits per heavy atom. The minimum absolute atomic E-state index is 0.0368. The van der Waals surface area contributed by atoms with Gasteiger partial charge in [0.05, 0.1) is 24.0 Å². The number of pyridine rings is 1. The van der Waals surface area contributed by atoms with Crippen LogP contribution in [-0.4, -0.2) is 72.4 Å². The van der Waals surface area contributed by atoms with Gasteiger partial charge in [0.15, 0.2) is 0 Å². The number of anilines is 2. The summed E-state index contributed by atoms with van der Waals surface area (Å²) in [5.74, 6) is 1.39. The Kier molecular flexibility index (Phi) is 7.26. The molecule has 180 valence electrons. The van der Waals surface area contributed by atoms with Gasteiger partial charge < -0.3 is 19.4 Å². The normalized spacial score (nSPS) is 13.3. The lowest BCUT2D eigenvalue weighted by Gasteiger charge is -2.35. The summed E-state index contributed by atoms with van der Waals surface area (Å²) in [7, 11) is 1.87. The van der Waals surface area contributed by atoms with Gasteiger partial charge in [-0.2, -0.15) is 10.4 Å². The SMILES string of the molecule is Cc1c(N(C)CCOc2cccc(C(=O)N3CCN(c4ccc(C#N)cn4)CC3)c2)cn[nH]c1=O. The highest BCUT2D eigenvalue weighted by atomic mass is 16.5. The van der Waals surface area contributed by atoms with Gasteiger partial charge in [-0.15, -0.1) is 0 Å². The lowest BCUT2D eigenvalue weighted by molar-refractivity contribution is 0.0746. The fourth-order valence-corrected chi connectivity index (χ4v) is 3.93. The van der Waals surface area contributed by atoms with Crippen LogP contribution in [0, 0.1) is 18.3 Å². The molecular weight excluding hydrogens is 446 g/mol. The van der Waals surface area contributed by atoms with Crippen molar-refractivity contribution < 1.29 is 9.53 Å². The second-order valence-corrected chi connectivity index (χ2v) is 8.30. The first kappa shape index (κ1) is 23.8. The molecule has 4 rings (SSSR count). The molecule has 10 nitrogen and oxygen atoms in total. The third-order valence-electron chi connectivity index (χ3n) is 6.03. The Hall–Kier alpha value is -4.39. The zero-order valence-electron chi connectivity index (χ0n) is 19.8. The molecule has 1 fully saturated rings. The highest BCUT2D eigenvalue weighted by molar-refractivity contribution is 5.94. The smallest absolute Gasteiger partial charge is 0.269 e. The van der Waals surface area contributed by atoms with E-state index in [1.165, 1.54) is 0 Å². The van der Waals surface area contributed by atoms with Crippen molar-refractivity contribution in [2.45, 2.75) is 6.92 Å². The van der Waals surface area contributed by atoms with E-state index in [0.717, 1.165) is 11.5 Å². The number of carbonyl (C=O) groups is 1. The van der Waals surface area contributed by atoms with Crippen molar-refractivity contribution in [1.82, 2.24) is 20.1 Å². The van der Waals surface area contributed by atoms with Crippen LogP contribution in [0.15, 0.2) is 53.6 Å². The summed E-state index contributed by atoms with van der Waals surface area (Å²) >= 11 is 0. The molecule has 0 unspecified atom stereocenters. The first-order valence-electron chi connectivity index (χ1n) is 11.3. The number of likely N-dealkylation sites (N-methyl/N-ethyl adjacent to an activating group) is 1. The van der Waals surface area contributed by atoms with Crippen LogP contribution in [0.25, 0.3) is 0 Å². The standard InChI is InChI=1S/C25H27N7O3/c1-18-22(17-28-29-24(18)33)30(2)12-13-35-21-5-3-4-20(14-21)25(34)32-10-8-31(9-11-32)23-7-6-19(15-26)16-27-23/h3-7,14,16-17H,8-13H2,1-2H3,(H,29,33). The summed E-state index contributed by atoms with van der Waals surface area (Å²) in [4.78, 5) is 35.0. The number of rotatable bonds is 7. The van der Waals surface area contributed by atoms with Crippen LogP contribution in [0.4, 0.5) is 11.5 Å². The first-order chi connectivity index (χ1) is 17.0. The highest BCUT2D eigenvalue weighted by Gasteiger charge is 2.23. The van der Waals surface area contributed by atoms with Gasteiger partial charge in [0.1, 0.15) is 24.2 Å². The Labute approximate surface area is 203 Å². The molecule has 1 aliphatic heterocycles. The summed E-state index contributed by atoms with van der Waals surface area (Å²) in [5, 5.41) is 15.2. The Bertz CT molecular complexity index is 1280. The number of nitrogens with one attached hydrogen (secondary N) is 1. The van der Waals surface area contributed by atoms with Crippen LogP contribution in [-0.2, 0) is 0 Å².